The second-order valence-electron chi connectivity index (χ2n) is 7.99. The molecule has 4 rings (SSSR count). The topological polar surface area (TPSA) is 60.9 Å². The zero-order valence-electron chi connectivity index (χ0n) is 15.9. The Labute approximate surface area is 160 Å². The van der Waals surface area contributed by atoms with Crippen LogP contribution in [0.3, 0.4) is 0 Å². The van der Waals surface area contributed by atoms with E-state index in [1.807, 2.05) is 11.9 Å². The van der Waals surface area contributed by atoms with Crippen molar-refractivity contribution < 1.29 is 14.4 Å². The highest BCUT2D eigenvalue weighted by Gasteiger charge is 2.41. The first kappa shape index (κ1) is 18.2. The van der Waals surface area contributed by atoms with E-state index in [2.05, 4.69) is 4.90 Å². The summed E-state index contributed by atoms with van der Waals surface area (Å²) >= 11 is 0. The van der Waals surface area contributed by atoms with Gasteiger partial charge in [-0.3, -0.25) is 24.2 Å². The van der Waals surface area contributed by atoms with Crippen molar-refractivity contribution in [3.8, 4) is 0 Å². The molecule has 27 heavy (non-hydrogen) atoms. The van der Waals surface area contributed by atoms with Crippen LogP contribution >= 0.6 is 0 Å². The molecule has 0 aromatic heterocycles. The van der Waals surface area contributed by atoms with Crippen LogP contribution in [-0.4, -0.2) is 71.2 Å². The maximum Gasteiger partial charge on any atom is 0.261 e. The average molecular weight is 369 g/mol. The molecule has 3 aliphatic rings. The fraction of sp³-hybridized carbons (Fsp3) is 0.571. The van der Waals surface area contributed by atoms with Crippen LogP contribution in [-0.2, 0) is 4.79 Å². The number of nitrogens with zero attached hydrogens (tertiary/aromatic N) is 3. The lowest BCUT2D eigenvalue weighted by molar-refractivity contribution is -0.131. The standard InChI is InChI=1S/C21H27N3O3/c1-22(14-19(25)23-12-4-5-13-23)15-8-10-16(11-9-15)24-20(26)17-6-2-3-7-18(17)21(24)27/h2-3,6-7,15-16H,4-5,8-14H2,1H3/t15-,16-. The Morgan fingerprint density at radius 3 is 2.11 bits per heavy atom. The van der Waals surface area contributed by atoms with E-state index in [1.54, 1.807) is 24.3 Å². The smallest absolute Gasteiger partial charge is 0.261 e. The van der Waals surface area contributed by atoms with Crippen molar-refractivity contribution >= 4 is 17.7 Å². The molecular formula is C21H27N3O3. The predicted octanol–water partition coefficient (Wildman–Crippen LogP) is 2.15. The Kier molecular flexibility index (Phi) is 5.00. The van der Waals surface area contributed by atoms with E-state index in [0.29, 0.717) is 23.7 Å². The first-order chi connectivity index (χ1) is 13.1. The van der Waals surface area contributed by atoms with Gasteiger partial charge in [-0.1, -0.05) is 12.1 Å². The van der Waals surface area contributed by atoms with Gasteiger partial charge in [-0.05, 0) is 57.7 Å². The van der Waals surface area contributed by atoms with Crippen molar-refractivity contribution in [2.24, 2.45) is 0 Å². The van der Waals surface area contributed by atoms with E-state index >= 15 is 0 Å². The largest absolute Gasteiger partial charge is 0.342 e. The van der Waals surface area contributed by atoms with Gasteiger partial charge in [0.25, 0.3) is 11.8 Å². The van der Waals surface area contributed by atoms with E-state index in [0.717, 1.165) is 51.6 Å². The summed E-state index contributed by atoms with van der Waals surface area (Å²) < 4.78 is 0. The molecule has 2 fully saturated rings. The molecule has 1 aromatic carbocycles. The quantitative estimate of drug-likeness (QED) is 0.763. The minimum absolute atomic E-state index is 0.0312. The number of fused-ring (bicyclic) bond motifs is 1. The molecule has 0 atom stereocenters. The molecular weight excluding hydrogens is 342 g/mol. The van der Waals surface area contributed by atoms with Gasteiger partial charge < -0.3 is 4.90 Å². The van der Waals surface area contributed by atoms with E-state index in [9.17, 15) is 14.4 Å². The average Bonchev–Trinajstić information content (AvgIpc) is 3.30. The summed E-state index contributed by atoms with van der Waals surface area (Å²) in [6, 6.07) is 7.38. The van der Waals surface area contributed by atoms with Crippen molar-refractivity contribution in [3.05, 3.63) is 35.4 Å². The van der Waals surface area contributed by atoms with E-state index < -0.39 is 0 Å². The van der Waals surface area contributed by atoms with Crippen LogP contribution in [0.25, 0.3) is 0 Å². The number of amides is 3. The first-order valence-electron chi connectivity index (χ1n) is 10.0. The van der Waals surface area contributed by atoms with Gasteiger partial charge in [0.05, 0.1) is 17.7 Å². The second-order valence-corrected chi connectivity index (χ2v) is 7.99. The number of benzene rings is 1. The molecule has 2 aliphatic heterocycles. The number of likely N-dealkylation sites (tertiary alicyclic amines) is 1. The molecule has 2 heterocycles. The van der Waals surface area contributed by atoms with Crippen molar-refractivity contribution in [3.63, 3.8) is 0 Å². The zero-order valence-corrected chi connectivity index (χ0v) is 15.9. The Balaban J connectivity index is 1.33. The molecule has 1 saturated carbocycles. The third kappa shape index (κ3) is 3.38. The predicted molar refractivity (Wildman–Crippen MR) is 101 cm³/mol. The van der Waals surface area contributed by atoms with Crippen molar-refractivity contribution in [1.29, 1.82) is 0 Å². The summed E-state index contributed by atoms with van der Waals surface area (Å²) in [6.07, 6.45) is 5.64. The molecule has 6 nitrogen and oxygen atoms in total. The van der Waals surface area contributed by atoms with Gasteiger partial charge in [0.2, 0.25) is 5.91 Å². The molecule has 144 valence electrons. The number of hydrogen-bond acceptors (Lipinski definition) is 4. The second kappa shape index (κ2) is 7.43. The molecule has 0 spiro atoms. The summed E-state index contributed by atoms with van der Waals surface area (Å²) in [4.78, 5) is 43.3. The van der Waals surface area contributed by atoms with Crippen molar-refractivity contribution in [2.75, 3.05) is 26.7 Å². The van der Waals surface area contributed by atoms with Crippen LogP contribution in [0, 0.1) is 0 Å². The number of likely N-dealkylation sites (N-methyl/N-ethyl adjacent to an activating group) is 1. The lowest BCUT2D eigenvalue weighted by Crippen LogP contribution is -2.47. The van der Waals surface area contributed by atoms with Gasteiger partial charge in [0.15, 0.2) is 0 Å². The monoisotopic (exact) mass is 369 g/mol. The van der Waals surface area contributed by atoms with Gasteiger partial charge in [-0.2, -0.15) is 0 Å². The number of rotatable bonds is 4. The van der Waals surface area contributed by atoms with Crippen LogP contribution in [0.1, 0.15) is 59.2 Å². The van der Waals surface area contributed by atoms with Gasteiger partial charge in [-0.15, -0.1) is 0 Å². The van der Waals surface area contributed by atoms with E-state index in [-0.39, 0.29) is 23.8 Å². The summed E-state index contributed by atoms with van der Waals surface area (Å²) in [5.74, 6) is -0.0919. The Morgan fingerprint density at radius 2 is 1.56 bits per heavy atom. The van der Waals surface area contributed by atoms with Crippen LogP contribution < -0.4 is 0 Å². The molecule has 6 heteroatoms. The maximum absolute atomic E-state index is 12.7. The number of hydrogen-bond donors (Lipinski definition) is 0. The maximum atomic E-state index is 12.7. The summed E-state index contributed by atoms with van der Waals surface area (Å²) in [6.45, 7) is 2.24. The molecule has 0 radical (unpaired) electrons. The van der Waals surface area contributed by atoms with Gasteiger partial charge in [-0.25, -0.2) is 0 Å². The van der Waals surface area contributed by atoms with Gasteiger partial charge in [0.1, 0.15) is 0 Å². The van der Waals surface area contributed by atoms with Crippen LogP contribution in [0.5, 0.6) is 0 Å². The highest BCUT2D eigenvalue weighted by molar-refractivity contribution is 6.21. The molecule has 0 N–H and O–H groups in total. The van der Waals surface area contributed by atoms with Gasteiger partial charge >= 0.3 is 0 Å². The Morgan fingerprint density at radius 1 is 1.00 bits per heavy atom. The molecule has 1 saturated heterocycles. The highest BCUT2D eigenvalue weighted by Crippen LogP contribution is 2.32. The third-order valence-electron chi connectivity index (χ3n) is 6.32. The Bertz CT molecular complexity index is 714. The first-order valence-corrected chi connectivity index (χ1v) is 10.0. The van der Waals surface area contributed by atoms with E-state index in [4.69, 9.17) is 0 Å². The summed E-state index contributed by atoms with van der Waals surface area (Å²) in [5.41, 5.74) is 1.05. The number of carbonyl (C=O) groups excluding carboxylic acids is 3. The fourth-order valence-electron chi connectivity index (χ4n) is 4.71. The SMILES string of the molecule is CN(CC(=O)N1CCCC1)[C@H]1CC[C@H](N2C(=O)c3ccccc3C2=O)CC1. The van der Waals surface area contributed by atoms with Crippen molar-refractivity contribution in [1.82, 2.24) is 14.7 Å². The normalized spacial score (nSPS) is 25.4. The Hall–Kier alpha value is -2.21. The molecule has 1 aliphatic carbocycles. The summed E-state index contributed by atoms with van der Waals surface area (Å²) in [7, 11) is 2.01. The minimum atomic E-state index is -0.156. The van der Waals surface area contributed by atoms with E-state index in [1.165, 1.54) is 4.90 Å². The number of imide groups is 1. The molecule has 3 amide bonds. The summed E-state index contributed by atoms with van der Waals surface area (Å²) in [5, 5.41) is 0. The van der Waals surface area contributed by atoms with Gasteiger partial charge in [0, 0.05) is 25.2 Å². The fourth-order valence-corrected chi connectivity index (χ4v) is 4.71. The lowest BCUT2D eigenvalue weighted by atomic mass is 9.89. The third-order valence-corrected chi connectivity index (χ3v) is 6.32. The molecule has 1 aromatic rings. The zero-order chi connectivity index (χ0) is 19.0. The highest BCUT2D eigenvalue weighted by atomic mass is 16.2. The van der Waals surface area contributed by atoms with Crippen LogP contribution in [0.15, 0.2) is 24.3 Å². The molecule has 0 unspecified atom stereocenters. The van der Waals surface area contributed by atoms with Crippen LogP contribution in [0.4, 0.5) is 0 Å². The van der Waals surface area contributed by atoms with Crippen LogP contribution in [0.2, 0.25) is 0 Å². The lowest BCUT2D eigenvalue weighted by Gasteiger charge is -2.37. The molecule has 0 bridgehead atoms. The number of carbonyl (C=O) groups is 3. The van der Waals surface area contributed by atoms with Crippen molar-refractivity contribution in [2.45, 2.75) is 50.6 Å². The minimum Gasteiger partial charge on any atom is -0.342 e.